The van der Waals surface area contributed by atoms with Crippen molar-refractivity contribution >= 4 is 23.6 Å². The van der Waals surface area contributed by atoms with Crippen molar-refractivity contribution in [2.24, 2.45) is 5.10 Å². The lowest BCUT2D eigenvalue weighted by atomic mass is 10.1. The van der Waals surface area contributed by atoms with E-state index in [1.54, 1.807) is 54.6 Å². The van der Waals surface area contributed by atoms with Crippen LogP contribution in [-0.4, -0.2) is 17.2 Å². The minimum absolute atomic E-state index is 0.0503. The Morgan fingerprint density at radius 1 is 1.04 bits per heavy atom. The van der Waals surface area contributed by atoms with Crippen molar-refractivity contribution in [1.29, 1.82) is 0 Å². The summed E-state index contributed by atoms with van der Waals surface area (Å²) < 4.78 is 5.54. The molecule has 0 aliphatic rings. The van der Waals surface area contributed by atoms with Crippen LogP contribution in [0.3, 0.4) is 0 Å². The number of carbonyl (C=O) groups excluding carboxylic acids is 1. The highest BCUT2D eigenvalue weighted by Gasteiger charge is 2.16. The van der Waals surface area contributed by atoms with E-state index in [2.05, 4.69) is 15.8 Å². The predicted molar refractivity (Wildman–Crippen MR) is 97.0 cm³/mol. The van der Waals surface area contributed by atoms with Crippen LogP contribution in [0.5, 0.6) is 0 Å². The molecule has 2 N–H and O–H groups in total. The second-order valence-electron chi connectivity index (χ2n) is 5.17. The number of hydrogen-bond donors (Lipinski definition) is 2. The largest absolute Gasteiger partial charge is 0.455 e. The number of nitro groups is 1. The molecule has 0 aliphatic heterocycles. The van der Waals surface area contributed by atoms with E-state index in [4.69, 9.17) is 4.42 Å². The maximum Gasteiger partial charge on any atom is 0.339 e. The smallest absolute Gasteiger partial charge is 0.339 e. The van der Waals surface area contributed by atoms with Gasteiger partial charge in [0.05, 0.1) is 16.7 Å². The van der Waals surface area contributed by atoms with Crippen molar-refractivity contribution in [1.82, 2.24) is 5.43 Å². The molecule has 0 spiro atoms. The SMILES string of the molecule is O=C(N/N=C/c1ccc(-c2ccccc2[N+](=O)[O-])o1)Nc1ccccc1. The van der Waals surface area contributed by atoms with E-state index >= 15 is 0 Å². The van der Waals surface area contributed by atoms with Crippen LogP contribution in [0.15, 0.2) is 76.2 Å². The normalized spacial score (nSPS) is 10.6. The van der Waals surface area contributed by atoms with Crippen molar-refractivity contribution in [2.45, 2.75) is 0 Å². The maximum absolute atomic E-state index is 11.7. The average molecular weight is 350 g/mol. The number of urea groups is 1. The van der Waals surface area contributed by atoms with Crippen molar-refractivity contribution in [2.75, 3.05) is 5.32 Å². The number of nitro benzene ring substituents is 1. The molecule has 0 fully saturated rings. The summed E-state index contributed by atoms with van der Waals surface area (Å²) in [5.74, 6) is 0.686. The van der Waals surface area contributed by atoms with Crippen LogP contribution in [0.25, 0.3) is 11.3 Å². The summed E-state index contributed by atoms with van der Waals surface area (Å²) in [5, 5.41) is 17.5. The predicted octanol–water partition coefficient (Wildman–Crippen LogP) is 4.01. The summed E-state index contributed by atoms with van der Waals surface area (Å²) in [6, 6.07) is 17.9. The third-order valence-corrected chi connectivity index (χ3v) is 3.38. The minimum atomic E-state index is -0.502. The summed E-state index contributed by atoms with van der Waals surface area (Å²) >= 11 is 0. The lowest BCUT2D eigenvalue weighted by Gasteiger charge is -2.02. The third kappa shape index (κ3) is 4.12. The van der Waals surface area contributed by atoms with Crippen molar-refractivity contribution in [3.05, 3.63) is 82.6 Å². The Hall–Kier alpha value is -3.94. The fourth-order valence-corrected chi connectivity index (χ4v) is 2.24. The second kappa shape index (κ2) is 7.75. The van der Waals surface area contributed by atoms with Gasteiger partial charge in [-0.15, -0.1) is 0 Å². The van der Waals surface area contributed by atoms with Crippen LogP contribution in [0.4, 0.5) is 16.2 Å². The van der Waals surface area contributed by atoms with E-state index < -0.39 is 11.0 Å². The molecule has 1 heterocycles. The number of anilines is 1. The van der Waals surface area contributed by atoms with E-state index in [-0.39, 0.29) is 5.69 Å². The van der Waals surface area contributed by atoms with E-state index in [9.17, 15) is 14.9 Å². The van der Waals surface area contributed by atoms with Gasteiger partial charge in [0.1, 0.15) is 11.5 Å². The van der Waals surface area contributed by atoms with Gasteiger partial charge in [0.15, 0.2) is 0 Å². The fraction of sp³-hybridized carbons (Fsp3) is 0. The standard InChI is InChI=1S/C18H14N4O4/c23-18(20-13-6-2-1-3-7-13)21-19-12-14-10-11-17(26-14)15-8-4-5-9-16(15)22(24)25/h1-12H,(H2,20,21,23)/b19-12+. The van der Waals surface area contributed by atoms with Crippen LogP contribution >= 0.6 is 0 Å². The van der Waals surface area contributed by atoms with Crippen LogP contribution in [-0.2, 0) is 0 Å². The Morgan fingerprint density at radius 2 is 1.77 bits per heavy atom. The molecule has 3 rings (SSSR count). The van der Waals surface area contributed by atoms with Crippen molar-refractivity contribution in [3.8, 4) is 11.3 Å². The number of nitrogens with zero attached hydrogens (tertiary/aromatic N) is 2. The summed E-state index contributed by atoms with van der Waals surface area (Å²) in [6.07, 6.45) is 1.31. The highest BCUT2D eigenvalue weighted by atomic mass is 16.6. The maximum atomic E-state index is 11.7. The first-order valence-electron chi connectivity index (χ1n) is 7.62. The Balaban J connectivity index is 1.64. The lowest BCUT2D eigenvalue weighted by molar-refractivity contribution is -0.384. The van der Waals surface area contributed by atoms with E-state index in [0.717, 1.165) is 0 Å². The molecule has 0 saturated carbocycles. The van der Waals surface area contributed by atoms with Crippen molar-refractivity contribution < 1.29 is 14.1 Å². The molecule has 1 aromatic heterocycles. The number of nitrogens with one attached hydrogen (secondary N) is 2. The molecular weight excluding hydrogens is 336 g/mol. The Labute approximate surface area is 148 Å². The van der Waals surface area contributed by atoms with E-state index in [0.29, 0.717) is 22.8 Å². The van der Waals surface area contributed by atoms with Gasteiger partial charge in [-0.25, -0.2) is 10.2 Å². The molecule has 26 heavy (non-hydrogen) atoms. The first-order valence-corrected chi connectivity index (χ1v) is 7.62. The quantitative estimate of drug-likeness (QED) is 0.411. The van der Waals surface area contributed by atoms with Crippen LogP contribution in [0.2, 0.25) is 0 Å². The zero-order valence-electron chi connectivity index (χ0n) is 13.5. The molecule has 130 valence electrons. The first kappa shape index (κ1) is 16.9. The lowest BCUT2D eigenvalue weighted by Crippen LogP contribution is -2.24. The molecular formula is C18H14N4O4. The van der Waals surface area contributed by atoms with E-state index in [1.165, 1.54) is 12.3 Å². The number of amides is 2. The molecule has 3 aromatic rings. The van der Waals surface area contributed by atoms with Gasteiger partial charge >= 0.3 is 6.03 Å². The fourth-order valence-electron chi connectivity index (χ4n) is 2.24. The minimum Gasteiger partial charge on any atom is -0.455 e. The number of benzene rings is 2. The van der Waals surface area contributed by atoms with Crippen molar-refractivity contribution in [3.63, 3.8) is 0 Å². The molecule has 0 unspecified atom stereocenters. The van der Waals surface area contributed by atoms with Gasteiger partial charge < -0.3 is 9.73 Å². The van der Waals surface area contributed by atoms with Gasteiger partial charge in [0.2, 0.25) is 0 Å². The Kier molecular flexibility index (Phi) is 5.04. The van der Waals surface area contributed by atoms with E-state index in [1.807, 2.05) is 6.07 Å². The van der Waals surface area contributed by atoms with Gasteiger partial charge in [-0.2, -0.15) is 5.10 Å². The molecule has 0 bridgehead atoms. The highest BCUT2D eigenvalue weighted by Crippen LogP contribution is 2.30. The number of hydrogen-bond acceptors (Lipinski definition) is 5. The number of para-hydroxylation sites is 2. The van der Waals surface area contributed by atoms with Gasteiger partial charge in [-0.05, 0) is 30.3 Å². The van der Waals surface area contributed by atoms with Crippen LogP contribution in [0.1, 0.15) is 5.76 Å². The molecule has 0 saturated heterocycles. The zero-order valence-corrected chi connectivity index (χ0v) is 13.5. The Morgan fingerprint density at radius 3 is 2.54 bits per heavy atom. The monoisotopic (exact) mass is 350 g/mol. The zero-order chi connectivity index (χ0) is 18.4. The molecule has 2 amide bonds. The van der Waals surface area contributed by atoms with Gasteiger partial charge in [-0.1, -0.05) is 30.3 Å². The Bertz CT molecular complexity index is 951. The summed E-state index contributed by atoms with van der Waals surface area (Å²) in [7, 11) is 0. The summed E-state index contributed by atoms with van der Waals surface area (Å²) in [6.45, 7) is 0. The number of hydrazone groups is 1. The van der Waals surface area contributed by atoms with Crippen LogP contribution in [0, 0.1) is 10.1 Å². The molecule has 0 radical (unpaired) electrons. The van der Waals surface area contributed by atoms with Gasteiger partial charge in [0.25, 0.3) is 5.69 Å². The molecule has 8 nitrogen and oxygen atoms in total. The average Bonchev–Trinajstić information content (AvgIpc) is 3.11. The second-order valence-corrected chi connectivity index (χ2v) is 5.17. The number of rotatable bonds is 5. The first-order chi connectivity index (χ1) is 12.6. The summed E-state index contributed by atoms with van der Waals surface area (Å²) in [5.41, 5.74) is 3.26. The van der Waals surface area contributed by atoms with Gasteiger partial charge in [-0.3, -0.25) is 10.1 Å². The molecule has 2 aromatic carbocycles. The molecule has 0 atom stereocenters. The molecule has 0 aliphatic carbocycles. The summed E-state index contributed by atoms with van der Waals surface area (Å²) in [4.78, 5) is 22.3. The topological polar surface area (TPSA) is 110 Å². The molecule has 8 heteroatoms. The van der Waals surface area contributed by atoms with Gasteiger partial charge in [0, 0.05) is 11.8 Å². The third-order valence-electron chi connectivity index (χ3n) is 3.38. The number of furan rings is 1. The number of carbonyl (C=O) groups is 1. The van der Waals surface area contributed by atoms with Crippen LogP contribution < -0.4 is 10.7 Å². The highest BCUT2D eigenvalue weighted by molar-refractivity contribution is 5.90.